The van der Waals surface area contributed by atoms with Gasteiger partial charge in [-0.1, -0.05) is 6.92 Å². The van der Waals surface area contributed by atoms with E-state index in [9.17, 15) is 29.7 Å². The number of Topliss-reactive ketones (excluding diaryl/α,β-unsaturated/α-hetero) is 1. The lowest BCUT2D eigenvalue weighted by Crippen LogP contribution is -2.60. The van der Waals surface area contributed by atoms with Gasteiger partial charge in [-0.25, -0.2) is 0 Å². The third-order valence-electron chi connectivity index (χ3n) is 10.3. The van der Waals surface area contributed by atoms with E-state index in [1.54, 1.807) is 0 Å². The number of carboxylic acid groups (broad SMARTS) is 1. The molecule has 4 saturated carbocycles. The van der Waals surface area contributed by atoms with Crippen molar-refractivity contribution < 1.29 is 39.5 Å². The Bertz CT molecular complexity index is 869. The van der Waals surface area contributed by atoms with Crippen molar-refractivity contribution in [3.8, 4) is 0 Å². The summed E-state index contributed by atoms with van der Waals surface area (Å²) in [6, 6.07) is 0. The number of hydrogen-bond donors (Lipinski definition) is 4. The lowest BCUT2D eigenvalue weighted by Gasteiger charge is -2.63. The van der Waals surface area contributed by atoms with Crippen LogP contribution in [-0.4, -0.2) is 62.6 Å². The highest BCUT2D eigenvalue weighted by Crippen LogP contribution is 2.72. The monoisotopic (exact) mass is 480 g/mol. The Morgan fingerprint density at radius 3 is 2.47 bits per heavy atom. The fraction of sp³-hybridized carbons (Fsp3) is 0.885. The molecule has 0 aromatic heterocycles. The van der Waals surface area contributed by atoms with E-state index in [0.29, 0.717) is 18.8 Å². The first-order valence-corrected chi connectivity index (χ1v) is 12.7. The maximum atomic E-state index is 13.2. The molecule has 0 saturated heterocycles. The Morgan fingerprint density at radius 2 is 1.82 bits per heavy atom. The second-order valence-electron chi connectivity index (χ2n) is 12.7. The molecule has 34 heavy (non-hydrogen) atoms. The molecule has 0 aromatic rings. The third kappa shape index (κ3) is 3.99. The van der Waals surface area contributed by atoms with Crippen molar-refractivity contribution in [3.05, 3.63) is 0 Å². The van der Waals surface area contributed by atoms with Gasteiger partial charge in [-0.3, -0.25) is 14.4 Å². The summed E-state index contributed by atoms with van der Waals surface area (Å²) in [4.78, 5) is 36.6. The lowest BCUT2D eigenvalue weighted by molar-refractivity contribution is -0.182. The van der Waals surface area contributed by atoms with Gasteiger partial charge in [0, 0.05) is 6.42 Å². The van der Waals surface area contributed by atoms with Crippen LogP contribution in [0.2, 0.25) is 0 Å². The zero-order valence-electron chi connectivity index (χ0n) is 20.6. The van der Waals surface area contributed by atoms with Gasteiger partial charge in [0.05, 0.1) is 36.1 Å². The minimum atomic E-state index is -1.71. The topological polar surface area (TPSA) is 141 Å². The van der Waals surface area contributed by atoms with Crippen LogP contribution in [0.25, 0.3) is 0 Å². The molecule has 4 aliphatic rings. The first kappa shape index (κ1) is 25.6. The van der Waals surface area contributed by atoms with Gasteiger partial charge >= 0.3 is 11.9 Å². The van der Waals surface area contributed by atoms with Crippen LogP contribution >= 0.6 is 0 Å². The molecule has 0 heterocycles. The van der Waals surface area contributed by atoms with Crippen molar-refractivity contribution in [1.29, 1.82) is 0 Å². The number of esters is 1. The number of ether oxygens (including phenoxy) is 1. The summed E-state index contributed by atoms with van der Waals surface area (Å²) in [7, 11) is 0. The Morgan fingerprint density at radius 1 is 1.12 bits per heavy atom. The van der Waals surface area contributed by atoms with Crippen molar-refractivity contribution in [3.63, 3.8) is 0 Å². The highest BCUT2D eigenvalue weighted by atomic mass is 16.5. The second kappa shape index (κ2) is 8.27. The van der Waals surface area contributed by atoms with Crippen molar-refractivity contribution >= 4 is 17.7 Å². The molecule has 4 rings (SSSR count). The molecule has 0 aromatic carbocycles. The van der Waals surface area contributed by atoms with Gasteiger partial charge in [0.25, 0.3) is 0 Å². The first-order valence-electron chi connectivity index (χ1n) is 12.7. The second-order valence-corrected chi connectivity index (χ2v) is 12.7. The Hall–Kier alpha value is -1.51. The number of rotatable bonds is 7. The molecule has 2 bridgehead atoms. The summed E-state index contributed by atoms with van der Waals surface area (Å²) in [6.07, 6.45) is 5.27. The van der Waals surface area contributed by atoms with Crippen LogP contribution < -0.4 is 0 Å². The first-order chi connectivity index (χ1) is 15.7. The minimum absolute atomic E-state index is 0.0147. The number of carbonyl (C=O) groups excluding carboxylic acids is 2. The van der Waals surface area contributed by atoms with E-state index in [1.165, 1.54) is 6.92 Å². The average Bonchev–Trinajstić information content (AvgIpc) is 2.94. The predicted octanol–water partition coefficient (Wildman–Crippen LogP) is 2.46. The van der Waals surface area contributed by atoms with Crippen LogP contribution in [0.3, 0.4) is 0 Å². The SMILES string of the molecule is C[C@@](O)(CC(=O)O)CC(=O)OC[C@@]1(C)C(=O)CC[C@@]2(C)[C@H]1CC[C@]13C[C@H](CC[C@@H]12)[C@](O)(CO)C3. The van der Waals surface area contributed by atoms with E-state index >= 15 is 0 Å². The molecule has 8 nitrogen and oxygen atoms in total. The molecule has 0 amide bonds. The summed E-state index contributed by atoms with van der Waals surface area (Å²) in [5, 5.41) is 40.2. The molecule has 4 N–H and O–H groups in total. The summed E-state index contributed by atoms with van der Waals surface area (Å²) < 4.78 is 5.53. The maximum absolute atomic E-state index is 13.2. The van der Waals surface area contributed by atoms with Gasteiger partial charge in [0.15, 0.2) is 0 Å². The molecule has 8 heteroatoms. The zero-order valence-corrected chi connectivity index (χ0v) is 20.6. The molecule has 4 fully saturated rings. The van der Waals surface area contributed by atoms with Gasteiger partial charge in [0.2, 0.25) is 0 Å². The number of fused-ring (bicyclic) bond motifs is 3. The van der Waals surface area contributed by atoms with E-state index in [-0.39, 0.29) is 41.7 Å². The molecule has 0 radical (unpaired) electrons. The maximum Gasteiger partial charge on any atom is 0.308 e. The number of aliphatic hydroxyl groups is 3. The predicted molar refractivity (Wildman–Crippen MR) is 122 cm³/mol. The minimum Gasteiger partial charge on any atom is -0.481 e. The number of carboxylic acids is 1. The largest absolute Gasteiger partial charge is 0.481 e. The molecule has 8 atom stereocenters. The Balaban J connectivity index is 1.52. The average molecular weight is 481 g/mol. The van der Waals surface area contributed by atoms with E-state index in [4.69, 9.17) is 9.84 Å². The van der Waals surface area contributed by atoms with Crippen LogP contribution in [0.5, 0.6) is 0 Å². The molecular weight excluding hydrogens is 440 g/mol. The van der Waals surface area contributed by atoms with E-state index in [1.807, 2.05) is 6.92 Å². The van der Waals surface area contributed by atoms with Gasteiger partial charge in [-0.05, 0) is 87.4 Å². The highest BCUT2D eigenvalue weighted by molar-refractivity contribution is 5.86. The number of aliphatic hydroxyl groups excluding tert-OH is 1. The van der Waals surface area contributed by atoms with E-state index in [0.717, 1.165) is 38.5 Å². The van der Waals surface area contributed by atoms with E-state index < -0.39 is 41.4 Å². The van der Waals surface area contributed by atoms with Crippen LogP contribution in [0.15, 0.2) is 0 Å². The van der Waals surface area contributed by atoms with Crippen molar-refractivity contribution in [2.45, 2.75) is 96.2 Å². The summed E-state index contributed by atoms with van der Waals surface area (Å²) >= 11 is 0. The van der Waals surface area contributed by atoms with E-state index in [2.05, 4.69) is 6.92 Å². The normalized spacial score (nSPS) is 45.1. The summed E-state index contributed by atoms with van der Waals surface area (Å²) in [5.74, 6) is -1.32. The number of carbonyl (C=O) groups is 3. The molecular formula is C26H40O8. The quantitative estimate of drug-likeness (QED) is 0.407. The van der Waals surface area contributed by atoms with Crippen LogP contribution in [-0.2, 0) is 19.1 Å². The summed E-state index contributed by atoms with van der Waals surface area (Å²) in [5.41, 5.74) is -3.70. The van der Waals surface area contributed by atoms with Crippen molar-refractivity contribution in [2.75, 3.05) is 13.2 Å². The Kier molecular flexibility index (Phi) is 6.22. The molecule has 0 aliphatic heterocycles. The number of aliphatic carboxylic acids is 1. The molecule has 1 spiro atoms. The molecule has 4 aliphatic carbocycles. The van der Waals surface area contributed by atoms with Gasteiger partial charge in [-0.15, -0.1) is 0 Å². The lowest BCUT2D eigenvalue weighted by atomic mass is 9.41. The van der Waals surface area contributed by atoms with Crippen LogP contribution in [0, 0.1) is 34.0 Å². The van der Waals surface area contributed by atoms with Crippen molar-refractivity contribution in [2.24, 2.45) is 34.0 Å². The number of ketones is 1. The fourth-order valence-corrected chi connectivity index (χ4v) is 8.82. The van der Waals surface area contributed by atoms with Crippen molar-refractivity contribution in [1.82, 2.24) is 0 Å². The molecule has 192 valence electrons. The van der Waals surface area contributed by atoms with Gasteiger partial charge < -0.3 is 25.2 Å². The molecule has 0 unspecified atom stereocenters. The third-order valence-corrected chi connectivity index (χ3v) is 10.3. The Labute approximate surface area is 201 Å². The highest BCUT2D eigenvalue weighted by Gasteiger charge is 2.68. The number of hydrogen-bond acceptors (Lipinski definition) is 7. The van der Waals surface area contributed by atoms with Crippen LogP contribution in [0.1, 0.15) is 85.0 Å². The van der Waals surface area contributed by atoms with Crippen LogP contribution in [0.4, 0.5) is 0 Å². The van der Waals surface area contributed by atoms with Gasteiger partial charge in [-0.2, -0.15) is 0 Å². The summed E-state index contributed by atoms with van der Waals surface area (Å²) in [6.45, 7) is 5.17. The smallest absolute Gasteiger partial charge is 0.308 e. The fourth-order valence-electron chi connectivity index (χ4n) is 8.82. The standard InChI is InChI=1S/C26H40O8/c1-22(32,11-20(29)30)12-21(31)34-15-24(3)17-6-9-25-10-16(26(33,13-25)14-27)4-5-18(25)23(17,2)8-7-19(24)28/h16-18,27,32-33H,4-15H2,1-3H3,(H,29,30)/t16-,17+,18+,22+,23-,24+,25+,26+/m0/s1. The zero-order chi connectivity index (χ0) is 25.2. The van der Waals surface area contributed by atoms with Gasteiger partial charge in [0.1, 0.15) is 12.4 Å².